The van der Waals surface area contributed by atoms with Gasteiger partial charge in [0, 0.05) is 11.4 Å². The van der Waals surface area contributed by atoms with Crippen LogP contribution in [0.25, 0.3) is 0 Å². The Morgan fingerprint density at radius 2 is 2.28 bits per heavy atom. The van der Waals surface area contributed by atoms with Gasteiger partial charge in [0.15, 0.2) is 5.69 Å². The van der Waals surface area contributed by atoms with Gasteiger partial charge >= 0.3 is 5.97 Å². The van der Waals surface area contributed by atoms with Crippen molar-refractivity contribution in [1.29, 1.82) is 0 Å². The summed E-state index contributed by atoms with van der Waals surface area (Å²) in [7, 11) is 0. The molecule has 2 aromatic heterocycles. The van der Waals surface area contributed by atoms with Gasteiger partial charge in [0.2, 0.25) is 0 Å². The lowest BCUT2D eigenvalue weighted by atomic mass is 10.3. The third-order valence-corrected chi connectivity index (χ3v) is 3.55. The number of halogens is 1. The van der Waals surface area contributed by atoms with Crippen molar-refractivity contribution in [3.05, 3.63) is 45.2 Å². The van der Waals surface area contributed by atoms with Crippen molar-refractivity contribution in [1.82, 2.24) is 4.98 Å². The largest absolute Gasteiger partial charge is 0.476 e. The zero-order valence-electron chi connectivity index (χ0n) is 9.39. The molecule has 2 aromatic rings. The molecule has 0 radical (unpaired) electrons. The van der Waals surface area contributed by atoms with Crippen LogP contribution in [-0.2, 0) is 6.42 Å². The van der Waals surface area contributed by atoms with Crippen LogP contribution in [0.5, 0.6) is 0 Å². The minimum atomic E-state index is -1.12. The lowest BCUT2D eigenvalue weighted by molar-refractivity contribution is 0.0691. The van der Waals surface area contributed by atoms with Gasteiger partial charge in [0.25, 0.3) is 0 Å². The van der Waals surface area contributed by atoms with E-state index in [4.69, 9.17) is 16.7 Å². The molecule has 2 heterocycles. The molecule has 4 nitrogen and oxygen atoms in total. The summed E-state index contributed by atoms with van der Waals surface area (Å²) in [5, 5.41) is 14.1. The lowest BCUT2D eigenvalue weighted by Gasteiger charge is -2.06. The van der Waals surface area contributed by atoms with Crippen LogP contribution in [-0.4, -0.2) is 22.6 Å². The second kappa shape index (κ2) is 5.84. The fourth-order valence-electron chi connectivity index (χ4n) is 1.46. The Morgan fingerprint density at radius 1 is 1.44 bits per heavy atom. The number of carbonyl (C=O) groups is 1. The van der Waals surface area contributed by atoms with Crippen molar-refractivity contribution < 1.29 is 9.90 Å². The molecule has 0 amide bonds. The second-order valence-electron chi connectivity index (χ2n) is 3.59. The highest BCUT2D eigenvalue weighted by Crippen LogP contribution is 2.17. The number of hydrogen-bond donors (Lipinski definition) is 2. The average Bonchev–Trinajstić information content (AvgIpc) is 2.84. The fourth-order valence-corrected chi connectivity index (χ4v) is 2.35. The Morgan fingerprint density at radius 3 is 2.94 bits per heavy atom. The molecule has 0 fully saturated rings. The van der Waals surface area contributed by atoms with Gasteiger partial charge in [-0.2, -0.15) is 0 Å². The zero-order chi connectivity index (χ0) is 13.0. The zero-order valence-corrected chi connectivity index (χ0v) is 11.0. The Hall–Kier alpha value is -1.59. The van der Waals surface area contributed by atoms with Crippen molar-refractivity contribution in [2.24, 2.45) is 0 Å². The molecule has 18 heavy (non-hydrogen) atoms. The number of nitrogens with one attached hydrogen (secondary N) is 1. The molecule has 0 saturated carbocycles. The summed E-state index contributed by atoms with van der Waals surface area (Å²) in [4.78, 5) is 16.1. The number of aromatic nitrogens is 1. The van der Waals surface area contributed by atoms with Crippen LogP contribution >= 0.6 is 22.9 Å². The van der Waals surface area contributed by atoms with Gasteiger partial charge in [-0.05, 0) is 30.0 Å². The maximum atomic E-state index is 10.9. The molecule has 0 aliphatic carbocycles. The van der Waals surface area contributed by atoms with Crippen LogP contribution in [0.2, 0.25) is 5.02 Å². The van der Waals surface area contributed by atoms with E-state index in [1.54, 1.807) is 17.4 Å². The minimum Gasteiger partial charge on any atom is -0.476 e. The topological polar surface area (TPSA) is 62.2 Å². The van der Waals surface area contributed by atoms with Gasteiger partial charge in [-0.25, -0.2) is 9.78 Å². The van der Waals surface area contributed by atoms with E-state index >= 15 is 0 Å². The molecule has 0 atom stereocenters. The third-order valence-electron chi connectivity index (χ3n) is 2.31. The fraction of sp³-hybridized carbons (Fsp3) is 0.167. The Labute approximate surface area is 113 Å². The van der Waals surface area contributed by atoms with Crippen LogP contribution in [0.1, 0.15) is 15.4 Å². The van der Waals surface area contributed by atoms with Crippen molar-refractivity contribution >= 4 is 34.7 Å². The van der Waals surface area contributed by atoms with Crippen molar-refractivity contribution in [2.45, 2.75) is 6.42 Å². The summed E-state index contributed by atoms with van der Waals surface area (Å²) in [5.41, 5.74) is -0.127. The number of anilines is 1. The number of hydrogen-bond acceptors (Lipinski definition) is 4. The lowest BCUT2D eigenvalue weighted by Crippen LogP contribution is -2.08. The van der Waals surface area contributed by atoms with Gasteiger partial charge in [0.1, 0.15) is 5.82 Å². The van der Waals surface area contributed by atoms with Crippen molar-refractivity contribution in [3.63, 3.8) is 0 Å². The Bertz CT molecular complexity index is 543. The van der Waals surface area contributed by atoms with Gasteiger partial charge in [0.05, 0.1) is 5.02 Å². The molecule has 0 saturated heterocycles. The van der Waals surface area contributed by atoms with Gasteiger partial charge in [-0.1, -0.05) is 17.7 Å². The van der Waals surface area contributed by atoms with Crippen LogP contribution < -0.4 is 5.32 Å². The van der Waals surface area contributed by atoms with Gasteiger partial charge in [-0.3, -0.25) is 0 Å². The summed E-state index contributed by atoms with van der Waals surface area (Å²) in [6, 6.07) is 7.27. The number of thiophene rings is 1. The number of aromatic carboxylic acids is 1. The third kappa shape index (κ3) is 3.21. The van der Waals surface area contributed by atoms with E-state index in [-0.39, 0.29) is 10.7 Å². The maximum absolute atomic E-state index is 10.9. The second-order valence-corrected chi connectivity index (χ2v) is 5.03. The molecule has 6 heteroatoms. The first-order valence-corrected chi connectivity index (χ1v) is 6.58. The standard InChI is InChI=1S/C12H11ClN2O2S/c13-9-3-4-10(15-11(9)12(16)17)14-6-5-8-2-1-7-18-8/h1-4,7H,5-6H2,(H,14,15)(H,16,17). The van der Waals surface area contributed by atoms with Crippen molar-refractivity contribution in [2.75, 3.05) is 11.9 Å². The number of carboxylic acid groups (broad SMARTS) is 1. The molecule has 0 bridgehead atoms. The molecule has 0 spiro atoms. The number of carboxylic acids is 1. The first kappa shape index (κ1) is 12.9. The number of nitrogens with zero attached hydrogens (tertiary/aromatic N) is 1. The summed E-state index contributed by atoms with van der Waals surface area (Å²) < 4.78 is 0. The summed E-state index contributed by atoms with van der Waals surface area (Å²) in [5.74, 6) is -0.602. The highest BCUT2D eigenvalue weighted by molar-refractivity contribution is 7.09. The SMILES string of the molecule is O=C(O)c1nc(NCCc2cccs2)ccc1Cl. The van der Waals surface area contributed by atoms with Crippen molar-refractivity contribution in [3.8, 4) is 0 Å². The molecule has 94 valence electrons. The Kier molecular flexibility index (Phi) is 4.17. The predicted molar refractivity (Wildman–Crippen MR) is 72.7 cm³/mol. The first-order valence-electron chi connectivity index (χ1n) is 5.33. The van der Waals surface area contributed by atoms with E-state index in [2.05, 4.69) is 16.4 Å². The highest BCUT2D eigenvalue weighted by atomic mass is 35.5. The molecule has 2 N–H and O–H groups in total. The van der Waals surface area contributed by atoms with Crippen LogP contribution in [0, 0.1) is 0 Å². The van der Waals surface area contributed by atoms with Crippen LogP contribution in [0.3, 0.4) is 0 Å². The minimum absolute atomic E-state index is 0.127. The average molecular weight is 283 g/mol. The van der Waals surface area contributed by atoms with E-state index in [1.807, 2.05) is 11.4 Å². The normalized spacial score (nSPS) is 10.3. The highest BCUT2D eigenvalue weighted by Gasteiger charge is 2.11. The van der Waals surface area contributed by atoms with Crippen LogP contribution in [0.15, 0.2) is 29.6 Å². The summed E-state index contributed by atoms with van der Waals surface area (Å²) in [6.07, 6.45) is 0.879. The number of pyridine rings is 1. The van der Waals surface area contributed by atoms with Crippen LogP contribution in [0.4, 0.5) is 5.82 Å². The van der Waals surface area contributed by atoms with E-state index in [0.717, 1.165) is 6.42 Å². The quantitative estimate of drug-likeness (QED) is 0.884. The maximum Gasteiger partial charge on any atom is 0.356 e. The smallest absolute Gasteiger partial charge is 0.356 e. The van der Waals surface area contributed by atoms with Gasteiger partial charge in [-0.15, -0.1) is 11.3 Å². The summed E-state index contributed by atoms with van der Waals surface area (Å²) in [6.45, 7) is 0.703. The molecule has 0 unspecified atom stereocenters. The Balaban J connectivity index is 1.97. The van der Waals surface area contributed by atoms with Gasteiger partial charge < -0.3 is 10.4 Å². The number of rotatable bonds is 5. The van der Waals surface area contributed by atoms with E-state index < -0.39 is 5.97 Å². The van der Waals surface area contributed by atoms with E-state index in [9.17, 15) is 4.79 Å². The molecular formula is C12H11ClN2O2S. The summed E-state index contributed by atoms with van der Waals surface area (Å²) >= 11 is 7.43. The first-order chi connectivity index (χ1) is 8.66. The molecule has 0 aliphatic heterocycles. The molecule has 0 aliphatic rings. The molecular weight excluding hydrogens is 272 g/mol. The monoisotopic (exact) mass is 282 g/mol. The van der Waals surface area contributed by atoms with E-state index in [1.165, 1.54) is 10.9 Å². The molecule has 2 rings (SSSR count). The van der Waals surface area contributed by atoms with E-state index in [0.29, 0.717) is 12.4 Å². The molecule has 0 aromatic carbocycles. The predicted octanol–water partition coefficient (Wildman–Crippen LogP) is 3.15.